The van der Waals surface area contributed by atoms with Crippen LogP contribution in [0, 0.1) is 5.82 Å². The molecule has 2 aliphatic heterocycles. The number of rotatable bonds is 3. The van der Waals surface area contributed by atoms with Crippen LogP contribution < -0.4 is 4.74 Å². The lowest BCUT2D eigenvalue weighted by Gasteiger charge is -2.31. The van der Waals surface area contributed by atoms with Crippen molar-refractivity contribution in [1.29, 1.82) is 0 Å². The van der Waals surface area contributed by atoms with Crippen molar-refractivity contribution < 1.29 is 18.7 Å². The van der Waals surface area contributed by atoms with E-state index in [1.807, 2.05) is 0 Å². The zero-order chi connectivity index (χ0) is 16.5. The smallest absolute Gasteiger partial charge is 0.273 e. The van der Waals surface area contributed by atoms with E-state index in [-0.39, 0.29) is 23.9 Å². The number of halogens is 1. The van der Waals surface area contributed by atoms with Gasteiger partial charge in [0.05, 0.1) is 18.1 Å². The van der Waals surface area contributed by atoms with E-state index in [4.69, 9.17) is 9.47 Å². The maximum Gasteiger partial charge on any atom is 0.273 e. The first kappa shape index (κ1) is 15.5. The minimum absolute atomic E-state index is 0.0571. The Labute approximate surface area is 142 Å². The summed E-state index contributed by atoms with van der Waals surface area (Å²) in [5.74, 6) is -0.711. The molecule has 4 rings (SSSR count). The highest BCUT2D eigenvalue weighted by atomic mass is 32.1. The highest BCUT2D eigenvalue weighted by Crippen LogP contribution is 2.32. The van der Waals surface area contributed by atoms with Crippen molar-refractivity contribution in [2.75, 3.05) is 13.2 Å². The molecule has 0 spiro atoms. The van der Waals surface area contributed by atoms with Gasteiger partial charge in [0, 0.05) is 18.2 Å². The third-order valence-corrected chi connectivity index (χ3v) is 4.96. The summed E-state index contributed by atoms with van der Waals surface area (Å²) in [7, 11) is 0. The average Bonchev–Trinajstić information content (AvgIpc) is 3.25. The van der Waals surface area contributed by atoms with E-state index >= 15 is 0 Å². The largest absolute Gasteiger partial charge is 0.468 e. The van der Waals surface area contributed by atoms with Gasteiger partial charge in [0.15, 0.2) is 5.82 Å². The molecule has 24 heavy (non-hydrogen) atoms. The summed E-state index contributed by atoms with van der Waals surface area (Å²) in [6.07, 6.45) is 2.48. The van der Waals surface area contributed by atoms with E-state index in [1.54, 1.807) is 15.8 Å². The van der Waals surface area contributed by atoms with Crippen LogP contribution >= 0.6 is 11.3 Å². The number of aromatic nitrogens is 2. The van der Waals surface area contributed by atoms with Crippen LogP contribution in [-0.2, 0) is 4.74 Å². The lowest BCUT2D eigenvalue weighted by Crippen LogP contribution is -2.44. The first-order chi connectivity index (χ1) is 11.7. The number of ether oxygens (including phenoxy) is 2. The second-order valence-electron chi connectivity index (χ2n) is 5.82. The maximum absolute atomic E-state index is 13.8. The van der Waals surface area contributed by atoms with Crippen LogP contribution in [0.2, 0.25) is 0 Å². The lowest BCUT2D eigenvalue weighted by molar-refractivity contribution is -0.0462. The number of amides is 1. The molecule has 126 valence electrons. The van der Waals surface area contributed by atoms with E-state index in [2.05, 4.69) is 9.97 Å². The molecule has 6 nitrogen and oxygen atoms in total. The Balaban J connectivity index is 1.57. The molecule has 2 aromatic heterocycles. The molecular weight excluding hydrogens is 333 g/mol. The van der Waals surface area contributed by atoms with Gasteiger partial charge in [-0.05, 0) is 25.0 Å². The average molecular weight is 349 g/mol. The van der Waals surface area contributed by atoms with Crippen LogP contribution in [-0.4, -0.2) is 52.2 Å². The van der Waals surface area contributed by atoms with Crippen LogP contribution in [0.5, 0.6) is 5.88 Å². The van der Waals surface area contributed by atoms with Crippen molar-refractivity contribution in [3.05, 3.63) is 40.7 Å². The van der Waals surface area contributed by atoms with Gasteiger partial charge in [-0.1, -0.05) is 0 Å². The molecule has 4 heterocycles. The van der Waals surface area contributed by atoms with Gasteiger partial charge in [0.2, 0.25) is 0 Å². The highest BCUT2D eigenvalue weighted by Gasteiger charge is 2.48. The summed E-state index contributed by atoms with van der Waals surface area (Å²) in [5, 5.41) is 1.73. The predicted molar refractivity (Wildman–Crippen MR) is 84.5 cm³/mol. The molecule has 0 aromatic carbocycles. The van der Waals surface area contributed by atoms with Crippen LogP contribution in [0.1, 0.15) is 23.3 Å². The molecule has 8 heteroatoms. The fraction of sp³-hybridized carbons (Fsp3) is 0.438. The quantitative estimate of drug-likeness (QED) is 0.849. The number of fused-ring (bicyclic) bond motifs is 1. The minimum Gasteiger partial charge on any atom is -0.468 e. The Morgan fingerprint density at radius 3 is 3.17 bits per heavy atom. The van der Waals surface area contributed by atoms with E-state index in [0.717, 1.165) is 12.8 Å². The standard InChI is InChI=1S/C16H16FN3O3S/c17-10-3-1-5-18-15(10)23-13-7-20(12-4-2-6-22-14(12)13)16(21)11-8-24-9-19-11/h1,3,5,8-9,12-14H,2,4,6-7H2/t12-,13-,14+/m0/s1. The molecule has 2 aliphatic rings. The van der Waals surface area contributed by atoms with Gasteiger partial charge >= 0.3 is 0 Å². The molecule has 1 amide bonds. The summed E-state index contributed by atoms with van der Waals surface area (Å²) >= 11 is 1.38. The van der Waals surface area contributed by atoms with E-state index < -0.39 is 11.9 Å². The molecule has 0 N–H and O–H groups in total. The van der Waals surface area contributed by atoms with Crippen molar-refractivity contribution >= 4 is 17.2 Å². The first-order valence-electron chi connectivity index (χ1n) is 7.82. The summed E-state index contributed by atoms with van der Waals surface area (Å²) < 4.78 is 25.4. The molecule has 3 atom stereocenters. The van der Waals surface area contributed by atoms with E-state index in [0.29, 0.717) is 18.8 Å². The van der Waals surface area contributed by atoms with Crippen LogP contribution in [0.15, 0.2) is 29.2 Å². The predicted octanol–water partition coefficient (Wildman–Crippen LogP) is 2.13. The van der Waals surface area contributed by atoms with Gasteiger partial charge in [0.25, 0.3) is 11.8 Å². The normalized spacial score (nSPS) is 26.2. The maximum atomic E-state index is 13.8. The van der Waals surface area contributed by atoms with Crippen LogP contribution in [0.4, 0.5) is 4.39 Å². The number of thiazole rings is 1. The zero-order valence-electron chi connectivity index (χ0n) is 12.8. The van der Waals surface area contributed by atoms with Crippen LogP contribution in [0.3, 0.4) is 0 Å². The molecule has 0 aliphatic carbocycles. The molecule has 0 radical (unpaired) electrons. The Morgan fingerprint density at radius 1 is 1.46 bits per heavy atom. The van der Waals surface area contributed by atoms with Crippen molar-refractivity contribution in [1.82, 2.24) is 14.9 Å². The van der Waals surface area contributed by atoms with Gasteiger partial charge in [0.1, 0.15) is 17.9 Å². The summed E-state index contributed by atoms with van der Waals surface area (Å²) in [5.41, 5.74) is 2.06. The number of likely N-dealkylation sites (tertiary alicyclic amines) is 1. The van der Waals surface area contributed by atoms with Gasteiger partial charge < -0.3 is 14.4 Å². The summed E-state index contributed by atoms with van der Waals surface area (Å²) in [6.45, 7) is 0.951. The Hall–Kier alpha value is -2.06. The zero-order valence-corrected chi connectivity index (χ0v) is 13.6. The van der Waals surface area contributed by atoms with E-state index in [9.17, 15) is 9.18 Å². The Bertz CT molecular complexity index is 727. The Kier molecular flexibility index (Phi) is 4.15. The Morgan fingerprint density at radius 2 is 2.38 bits per heavy atom. The summed E-state index contributed by atoms with van der Waals surface area (Å²) in [4.78, 5) is 22.5. The molecular formula is C16H16FN3O3S. The highest BCUT2D eigenvalue weighted by molar-refractivity contribution is 7.07. The number of hydrogen-bond acceptors (Lipinski definition) is 6. The van der Waals surface area contributed by atoms with Gasteiger partial charge in [-0.15, -0.1) is 11.3 Å². The summed E-state index contributed by atoms with van der Waals surface area (Å²) in [6, 6.07) is 2.73. The SMILES string of the molecule is O=C(c1cscn1)N1C[C@H](Oc2ncccc2F)[C@@H]2OCCC[C@@H]21. The van der Waals surface area contributed by atoms with Crippen LogP contribution in [0.25, 0.3) is 0 Å². The fourth-order valence-electron chi connectivity index (χ4n) is 3.31. The number of pyridine rings is 1. The molecule has 0 saturated carbocycles. The number of nitrogens with zero attached hydrogens (tertiary/aromatic N) is 3. The number of hydrogen-bond donors (Lipinski definition) is 0. The van der Waals surface area contributed by atoms with Gasteiger partial charge in [-0.2, -0.15) is 0 Å². The lowest BCUT2D eigenvalue weighted by atomic mass is 10.0. The molecule has 0 bridgehead atoms. The molecule has 2 aromatic rings. The third-order valence-electron chi connectivity index (χ3n) is 4.38. The number of carbonyl (C=O) groups is 1. The van der Waals surface area contributed by atoms with E-state index in [1.165, 1.54) is 29.7 Å². The molecule has 2 fully saturated rings. The number of carbonyl (C=O) groups excluding carboxylic acids is 1. The minimum atomic E-state index is -0.519. The van der Waals surface area contributed by atoms with Crippen molar-refractivity contribution in [3.63, 3.8) is 0 Å². The molecule has 0 unspecified atom stereocenters. The van der Waals surface area contributed by atoms with Crippen molar-refractivity contribution in [2.45, 2.75) is 31.1 Å². The van der Waals surface area contributed by atoms with Crippen molar-refractivity contribution in [3.8, 4) is 5.88 Å². The monoisotopic (exact) mass is 349 g/mol. The fourth-order valence-corrected chi connectivity index (χ4v) is 3.84. The molecule has 2 saturated heterocycles. The second-order valence-corrected chi connectivity index (χ2v) is 6.54. The van der Waals surface area contributed by atoms with Crippen molar-refractivity contribution in [2.24, 2.45) is 0 Å². The van der Waals surface area contributed by atoms with Gasteiger partial charge in [-0.3, -0.25) is 4.79 Å². The second kappa shape index (κ2) is 6.45. The first-order valence-corrected chi connectivity index (χ1v) is 8.76. The van der Waals surface area contributed by atoms with Gasteiger partial charge in [-0.25, -0.2) is 14.4 Å². The topological polar surface area (TPSA) is 64.6 Å². The third kappa shape index (κ3) is 2.76.